The van der Waals surface area contributed by atoms with Crippen molar-refractivity contribution in [1.29, 1.82) is 0 Å². The summed E-state index contributed by atoms with van der Waals surface area (Å²) in [5.74, 6) is 0.398. The van der Waals surface area contributed by atoms with Gasteiger partial charge in [-0.3, -0.25) is 4.79 Å². The molecule has 0 unspecified atom stereocenters. The average molecular weight is 347 g/mol. The summed E-state index contributed by atoms with van der Waals surface area (Å²) in [4.78, 5) is 20.6. The number of hydrogen-bond donors (Lipinski definition) is 1. The van der Waals surface area contributed by atoms with E-state index in [9.17, 15) is 4.79 Å². The molecule has 0 fully saturated rings. The number of nitrogen functional groups attached to an aromatic ring is 1. The molecule has 1 aromatic carbocycles. The van der Waals surface area contributed by atoms with Gasteiger partial charge in [0.25, 0.3) is 5.56 Å². The third-order valence-electron chi connectivity index (χ3n) is 4.17. The van der Waals surface area contributed by atoms with Crippen molar-refractivity contribution in [3.63, 3.8) is 0 Å². The zero-order valence-corrected chi connectivity index (χ0v) is 14.2. The molecule has 3 aromatic heterocycles. The fourth-order valence-electron chi connectivity index (χ4n) is 2.93. The zero-order chi connectivity index (χ0) is 18.1. The molecule has 4 rings (SSSR count). The van der Waals surface area contributed by atoms with Crippen LogP contribution in [0.4, 0.5) is 5.82 Å². The second-order valence-corrected chi connectivity index (χ2v) is 6.05. The van der Waals surface area contributed by atoms with Gasteiger partial charge < -0.3 is 5.73 Å². The number of rotatable bonds is 4. The van der Waals surface area contributed by atoms with E-state index in [0.29, 0.717) is 24.6 Å². The highest BCUT2D eigenvalue weighted by molar-refractivity contribution is 5.87. The standard InChI is InChI=1S/C18H17N7O/c1-12-16-17(19)20-11-21-18(16)25(23-12)10-14-7-15(26)24(22-8-14)9-13-5-3-2-4-6-13/h2-8,11H,9-10H2,1H3,(H2,19,20,21). The first-order valence-electron chi connectivity index (χ1n) is 8.15. The van der Waals surface area contributed by atoms with Crippen LogP contribution in [0.5, 0.6) is 0 Å². The molecule has 2 N–H and O–H groups in total. The van der Waals surface area contributed by atoms with E-state index in [1.165, 1.54) is 11.0 Å². The lowest BCUT2D eigenvalue weighted by molar-refractivity contribution is 0.622. The van der Waals surface area contributed by atoms with Crippen LogP contribution >= 0.6 is 0 Å². The second kappa shape index (κ2) is 6.40. The van der Waals surface area contributed by atoms with E-state index in [4.69, 9.17) is 5.73 Å². The first-order chi connectivity index (χ1) is 12.6. The summed E-state index contributed by atoms with van der Waals surface area (Å²) in [7, 11) is 0. The fraction of sp³-hybridized carbons (Fsp3) is 0.167. The molecule has 0 saturated heterocycles. The zero-order valence-electron chi connectivity index (χ0n) is 14.2. The molecule has 0 radical (unpaired) electrons. The van der Waals surface area contributed by atoms with Crippen molar-refractivity contribution in [2.24, 2.45) is 0 Å². The van der Waals surface area contributed by atoms with Gasteiger partial charge in [0.05, 0.1) is 30.4 Å². The lowest BCUT2D eigenvalue weighted by Crippen LogP contribution is -2.23. The Kier molecular flexibility index (Phi) is 3.92. The predicted molar refractivity (Wildman–Crippen MR) is 97.6 cm³/mol. The van der Waals surface area contributed by atoms with Crippen LogP contribution in [0.1, 0.15) is 16.8 Å². The molecule has 0 aliphatic carbocycles. The predicted octanol–water partition coefficient (Wildman–Crippen LogP) is 1.37. The SMILES string of the molecule is Cc1nn(Cc2cnn(Cc3ccccc3)c(=O)c2)c2ncnc(N)c12. The highest BCUT2D eigenvalue weighted by atomic mass is 16.1. The van der Waals surface area contributed by atoms with E-state index in [0.717, 1.165) is 22.2 Å². The Balaban J connectivity index is 1.63. The van der Waals surface area contributed by atoms with E-state index in [1.807, 2.05) is 37.3 Å². The maximum atomic E-state index is 12.4. The largest absolute Gasteiger partial charge is 0.383 e. The van der Waals surface area contributed by atoms with Crippen LogP contribution in [0.25, 0.3) is 11.0 Å². The monoisotopic (exact) mass is 347 g/mol. The van der Waals surface area contributed by atoms with Gasteiger partial charge in [-0.15, -0.1) is 0 Å². The molecule has 26 heavy (non-hydrogen) atoms. The number of aromatic nitrogens is 6. The van der Waals surface area contributed by atoms with E-state index in [1.54, 1.807) is 16.9 Å². The van der Waals surface area contributed by atoms with E-state index >= 15 is 0 Å². The Bertz CT molecular complexity index is 1130. The topological polar surface area (TPSA) is 105 Å². The summed E-state index contributed by atoms with van der Waals surface area (Å²) in [5, 5.41) is 9.48. The van der Waals surface area contributed by atoms with Gasteiger partial charge in [-0.1, -0.05) is 30.3 Å². The number of aryl methyl sites for hydroxylation is 1. The highest BCUT2D eigenvalue weighted by Gasteiger charge is 2.13. The van der Waals surface area contributed by atoms with Crippen molar-refractivity contribution in [2.45, 2.75) is 20.0 Å². The van der Waals surface area contributed by atoms with Crippen LogP contribution in [0, 0.1) is 6.92 Å². The van der Waals surface area contributed by atoms with Crippen molar-refractivity contribution in [3.8, 4) is 0 Å². The molecular weight excluding hydrogens is 330 g/mol. The Labute approximate surface area is 148 Å². The lowest BCUT2D eigenvalue weighted by atomic mass is 10.2. The summed E-state index contributed by atoms with van der Waals surface area (Å²) in [6, 6.07) is 11.3. The van der Waals surface area contributed by atoms with Gasteiger partial charge in [-0.2, -0.15) is 10.2 Å². The molecule has 0 amide bonds. The molecule has 0 spiro atoms. The maximum absolute atomic E-state index is 12.4. The molecule has 0 aliphatic rings. The van der Waals surface area contributed by atoms with Crippen LogP contribution < -0.4 is 11.3 Å². The number of nitrogens with two attached hydrogens (primary N) is 1. The Morgan fingerprint density at radius 2 is 1.81 bits per heavy atom. The first-order valence-corrected chi connectivity index (χ1v) is 8.15. The third kappa shape index (κ3) is 2.92. The number of anilines is 1. The quantitative estimate of drug-likeness (QED) is 0.598. The van der Waals surface area contributed by atoms with Crippen molar-refractivity contribution in [1.82, 2.24) is 29.5 Å². The van der Waals surface area contributed by atoms with Crippen molar-refractivity contribution in [2.75, 3.05) is 5.73 Å². The Hall–Kier alpha value is -3.55. The summed E-state index contributed by atoms with van der Waals surface area (Å²) in [5.41, 5.74) is 8.92. The van der Waals surface area contributed by atoms with Crippen LogP contribution in [0.15, 0.2) is 53.7 Å². The Morgan fingerprint density at radius 3 is 2.58 bits per heavy atom. The summed E-state index contributed by atoms with van der Waals surface area (Å²) in [6.07, 6.45) is 3.09. The molecule has 130 valence electrons. The number of benzene rings is 1. The van der Waals surface area contributed by atoms with Gasteiger partial charge in [0.15, 0.2) is 5.65 Å². The molecular formula is C18H17N7O. The molecule has 3 heterocycles. The minimum atomic E-state index is -0.159. The summed E-state index contributed by atoms with van der Waals surface area (Å²) in [6.45, 7) is 2.68. The van der Waals surface area contributed by atoms with Crippen molar-refractivity contribution < 1.29 is 0 Å². The molecule has 0 bridgehead atoms. The van der Waals surface area contributed by atoms with Gasteiger partial charge in [0.1, 0.15) is 12.1 Å². The molecule has 0 aliphatic heterocycles. The van der Waals surface area contributed by atoms with Gasteiger partial charge >= 0.3 is 0 Å². The van der Waals surface area contributed by atoms with E-state index < -0.39 is 0 Å². The normalized spacial score (nSPS) is 11.1. The van der Waals surface area contributed by atoms with E-state index in [-0.39, 0.29) is 5.56 Å². The number of nitrogens with zero attached hydrogens (tertiary/aromatic N) is 6. The molecule has 8 heteroatoms. The van der Waals surface area contributed by atoms with Crippen LogP contribution in [-0.4, -0.2) is 29.5 Å². The first kappa shape index (κ1) is 15.9. The maximum Gasteiger partial charge on any atom is 0.267 e. The van der Waals surface area contributed by atoms with Crippen LogP contribution in [0.2, 0.25) is 0 Å². The van der Waals surface area contributed by atoms with Gasteiger partial charge in [0.2, 0.25) is 0 Å². The molecule has 0 atom stereocenters. The minimum Gasteiger partial charge on any atom is -0.383 e. The fourth-order valence-corrected chi connectivity index (χ4v) is 2.93. The smallest absolute Gasteiger partial charge is 0.267 e. The number of hydrogen-bond acceptors (Lipinski definition) is 6. The average Bonchev–Trinajstić information content (AvgIpc) is 2.95. The third-order valence-corrected chi connectivity index (χ3v) is 4.17. The van der Waals surface area contributed by atoms with Crippen molar-refractivity contribution >= 4 is 16.9 Å². The van der Waals surface area contributed by atoms with Crippen molar-refractivity contribution in [3.05, 3.63) is 76.1 Å². The lowest BCUT2D eigenvalue weighted by Gasteiger charge is -2.07. The summed E-state index contributed by atoms with van der Waals surface area (Å²) < 4.78 is 3.14. The molecule has 4 aromatic rings. The van der Waals surface area contributed by atoms with Crippen LogP contribution in [-0.2, 0) is 13.1 Å². The van der Waals surface area contributed by atoms with Crippen LogP contribution in [0.3, 0.4) is 0 Å². The van der Waals surface area contributed by atoms with Gasteiger partial charge in [0, 0.05) is 6.07 Å². The molecule has 8 nitrogen and oxygen atoms in total. The van der Waals surface area contributed by atoms with Gasteiger partial charge in [-0.05, 0) is 18.1 Å². The summed E-state index contributed by atoms with van der Waals surface area (Å²) >= 11 is 0. The Morgan fingerprint density at radius 1 is 1.04 bits per heavy atom. The number of fused-ring (bicyclic) bond motifs is 1. The molecule has 0 saturated carbocycles. The van der Waals surface area contributed by atoms with Gasteiger partial charge in [-0.25, -0.2) is 19.3 Å². The highest BCUT2D eigenvalue weighted by Crippen LogP contribution is 2.20. The minimum absolute atomic E-state index is 0.159. The second-order valence-electron chi connectivity index (χ2n) is 6.05. The van der Waals surface area contributed by atoms with E-state index in [2.05, 4.69) is 20.2 Å².